The van der Waals surface area contributed by atoms with E-state index in [4.69, 9.17) is 4.74 Å². The molecule has 0 bridgehead atoms. The van der Waals surface area contributed by atoms with Crippen molar-refractivity contribution in [2.75, 3.05) is 19.7 Å². The molecule has 1 amide bonds. The molecule has 0 spiro atoms. The normalized spacial score (nSPS) is 13.4. The predicted molar refractivity (Wildman–Crippen MR) is 139 cm³/mol. The van der Waals surface area contributed by atoms with Gasteiger partial charge in [-0.25, -0.2) is 5.01 Å². The van der Waals surface area contributed by atoms with Gasteiger partial charge in [0, 0.05) is 45.1 Å². The summed E-state index contributed by atoms with van der Waals surface area (Å²) < 4.78 is 5.86. The topological polar surface area (TPSA) is 41.6 Å². The Labute approximate surface area is 206 Å². The molecule has 1 aliphatic rings. The Balaban J connectivity index is 1.60. The summed E-state index contributed by atoms with van der Waals surface area (Å²) in [5, 5.41) is 2.00. The molecule has 3 aromatic rings. The fourth-order valence-corrected chi connectivity index (χ4v) is 5.13. The molecule has 0 aliphatic carbocycles. The van der Waals surface area contributed by atoms with E-state index < -0.39 is 0 Å². The highest BCUT2D eigenvalue weighted by Crippen LogP contribution is 2.39. The molecule has 4 nitrogen and oxygen atoms in total. The second-order valence-electron chi connectivity index (χ2n) is 8.19. The van der Waals surface area contributed by atoms with Gasteiger partial charge in [-0.1, -0.05) is 48.7 Å². The van der Waals surface area contributed by atoms with E-state index in [9.17, 15) is 4.79 Å². The third kappa shape index (κ3) is 5.45. The number of nitrogens with one attached hydrogen (secondary N) is 1. The van der Waals surface area contributed by atoms with Crippen LogP contribution < -0.4 is 10.2 Å². The second kappa shape index (κ2) is 11.3. The molecule has 174 valence electrons. The third-order valence-electron chi connectivity index (χ3n) is 5.81. The SMILES string of the molecule is C=C=C(c1ccccc1OCC)c1ccccc1Sc1ccc(C(=O)NN2CCCC2)cc1C. The summed E-state index contributed by atoms with van der Waals surface area (Å²) in [5.74, 6) is 0.770. The first-order valence-corrected chi connectivity index (χ1v) is 12.5. The van der Waals surface area contributed by atoms with Gasteiger partial charge in [0.05, 0.1) is 6.61 Å². The first kappa shape index (κ1) is 23.9. The quantitative estimate of drug-likeness (QED) is 0.382. The number of amides is 1. The first-order chi connectivity index (χ1) is 16.6. The van der Waals surface area contributed by atoms with Crippen LogP contribution in [0.3, 0.4) is 0 Å². The van der Waals surface area contributed by atoms with E-state index in [1.54, 1.807) is 11.8 Å². The maximum Gasteiger partial charge on any atom is 0.265 e. The molecule has 1 aliphatic heterocycles. The number of carbonyl (C=O) groups excluding carboxylic acids is 1. The summed E-state index contributed by atoms with van der Waals surface area (Å²) in [6.07, 6.45) is 2.26. The van der Waals surface area contributed by atoms with Crippen LogP contribution in [0.2, 0.25) is 0 Å². The van der Waals surface area contributed by atoms with Crippen LogP contribution in [-0.2, 0) is 0 Å². The van der Waals surface area contributed by atoms with Crippen molar-refractivity contribution in [2.24, 2.45) is 0 Å². The number of para-hydroxylation sites is 1. The van der Waals surface area contributed by atoms with Gasteiger partial charge in [0.15, 0.2) is 0 Å². The highest BCUT2D eigenvalue weighted by atomic mass is 32.2. The third-order valence-corrected chi connectivity index (χ3v) is 7.07. The molecular formula is C29H30N2O2S. The lowest BCUT2D eigenvalue weighted by molar-refractivity contribution is 0.0825. The minimum atomic E-state index is -0.0497. The van der Waals surface area contributed by atoms with Gasteiger partial charge in [0.2, 0.25) is 0 Å². The van der Waals surface area contributed by atoms with Crippen LogP contribution in [0.4, 0.5) is 0 Å². The first-order valence-electron chi connectivity index (χ1n) is 11.7. The molecule has 0 atom stereocenters. The molecular weight excluding hydrogens is 440 g/mol. The van der Waals surface area contributed by atoms with E-state index in [0.29, 0.717) is 12.2 Å². The van der Waals surface area contributed by atoms with Crippen molar-refractivity contribution in [3.63, 3.8) is 0 Å². The number of benzene rings is 3. The largest absolute Gasteiger partial charge is 0.493 e. The van der Waals surface area contributed by atoms with Gasteiger partial charge in [-0.05, 0) is 68.7 Å². The zero-order valence-corrected chi connectivity index (χ0v) is 20.6. The number of hydrogen-bond donors (Lipinski definition) is 1. The standard InChI is InChI=1S/C29H30N2O2S/c1-4-23(24-12-6-8-14-26(24)33-5-2)25-13-7-9-15-28(25)34-27-17-16-22(20-21(27)3)29(32)30-31-18-10-11-19-31/h6-9,12-17,20H,1,5,10-11,18-19H2,2-3H3,(H,30,32). The van der Waals surface area contributed by atoms with E-state index in [1.165, 1.54) is 0 Å². The average Bonchev–Trinajstić information content (AvgIpc) is 3.36. The van der Waals surface area contributed by atoms with Gasteiger partial charge in [-0.3, -0.25) is 10.2 Å². The summed E-state index contributed by atoms with van der Waals surface area (Å²) in [4.78, 5) is 14.9. The van der Waals surface area contributed by atoms with Crippen LogP contribution in [0, 0.1) is 6.92 Å². The molecule has 4 rings (SSSR count). The average molecular weight is 471 g/mol. The zero-order chi connectivity index (χ0) is 23.9. The molecule has 0 saturated carbocycles. The van der Waals surface area contributed by atoms with Crippen molar-refractivity contribution in [3.8, 4) is 5.75 Å². The van der Waals surface area contributed by atoms with Gasteiger partial charge in [-0.2, -0.15) is 0 Å². The lowest BCUT2D eigenvalue weighted by Crippen LogP contribution is -2.40. The zero-order valence-electron chi connectivity index (χ0n) is 19.8. The van der Waals surface area contributed by atoms with Crippen molar-refractivity contribution in [1.82, 2.24) is 10.4 Å². The van der Waals surface area contributed by atoms with Gasteiger partial charge >= 0.3 is 0 Å². The smallest absolute Gasteiger partial charge is 0.265 e. The number of aryl methyl sites for hydroxylation is 1. The van der Waals surface area contributed by atoms with Crippen LogP contribution in [0.5, 0.6) is 5.75 Å². The van der Waals surface area contributed by atoms with Crippen molar-refractivity contribution in [2.45, 2.75) is 36.5 Å². The number of carbonyl (C=O) groups is 1. The Morgan fingerprint density at radius 3 is 2.44 bits per heavy atom. The maximum absolute atomic E-state index is 12.7. The van der Waals surface area contributed by atoms with Crippen molar-refractivity contribution < 1.29 is 9.53 Å². The van der Waals surface area contributed by atoms with E-state index >= 15 is 0 Å². The van der Waals surface area contributed by atoms with Gasteiger partial charge in [0.25, 0.3) is 5.91 Å². The molecule has 1 fully saturated rings. The number of ether oxygens (including phenoxy) is 1. The van der Waals surface area contributed by atoms with Crippen LogP contribution in [0.25, 0.3) is 5.57 Å². The Morgan fingerprint density at radius 1 is 1.03 bits per heavy atom. The fraction of sp³-hybridized carbons (Fsp3) is 0.241. The Kier molecular flexibility index (Phi) is 7.91. The van der Waals surface area contributed by atoms with E-state index in [1.807, 2.05) is 73.5 Å². The second-order valence-corrected chi connectivity index (χ2v) is 9.28. The predicted octanol–water partition coefficient (Wildman–Crippen LogP) is 6.50. The maximum atomic E-state index is 12.7. The summed E-state index contributed by atoms with van der Waals surface area (Å²) in [6, 6.07) is 22.1. The molecule has 0 radical (unpaired) electrons. The number of rotatable bonds is 8. The fourth-order valence-electron chi connectivity index (χ4n) is 4.11. The van der Waals surface area contributed by atoms with Crippen molar-refractivity contribution in [3.05, 3.63) is 101 Å². The molecule has 34 heavy (non-hydrogen) atoms. The van der Waals surface area contributed by atoms with Crippen LogP contribution in [0.1, 0.15) is 46.8 Å². The molecule has 5 heteroatoms. The van der Waals surface area contributed by atoms with Crippen molar-refractivity contribution >= 4 is 23.2 Å². The molecule has 1 saturated heterocycles. The Hall–Kier alpha value is -3.24. The summed E-state index contributed by atoms with van der Waals surface area (Å²) in [5.41, 5.74) is 10.8. The van der Waals surface area contributed by atoms with Crippen molar-refractivity contribution in [1.29, 1.82) is 0 Å². The van der Waals surface area contributed by atoms with Crippen LogP contribution in [0.15, 0.2) is 88.8 Å². The lowest BCUT2D eigenvalue weighted by atomic mass is 9.98. The summed E-state index contributed by atoms with van der Waals surface area (Å²) in [7, 11) is 0. The van der Waals surface area contributed by atoms with E-state index in [-0.39, 0.29) is 5.91 Å². The highest BCUT2D eigenvalue weighted by Gasteiger charge is 2.17. The van der Waals surface area contributed by atoms with Gasteiger partial charge in [0.1, 0.15) is 5.75 Å². The number of hydrogen-bond acceptors (Lipinski definition) is 4. The highest BCUT2D eigenvalue weighted by molar-refractivity contribution is 7.99. The monoisotopic (exact) mass is 470 g/mol. The minimum Gasteiger partial charge on any atom is -0.493 e. The molecule has 3 aromatic carbocycles. The Bertz CT molecular complexity index is 1220. The van der Waals surface area contributed by atoms with Gasteiger partial charge in [-0.15, -0.1) is 5.73 Å². The molecule has 1 heterocycles. The van der Waals surface area contributed by atoms with E-state index in [0.717, 1.165) is 63.7 Å². The summed E-state index contributed by atoms with van der Waals surface area (Å²) in [6.45, 7) is 10.4. The molecule has 0 unspecified atom stereocenters. The number of hydrazine groups is 1. The van der Waals surface area contributed by atoms with Gasteiger partial charge < -0.3 is 4.74 Å². The number of nitrogens with zero attached hydrogens (tertiary/aromatic N) is 1. The Morgan fingerprint density at radius 2 is 1.74 bits per heavy atom. The lowest BCUT2D eigenvalue weighted by Gasteiger charge is -2.17. The molecule has 0 aromatic heterocycles. The van der Waals surface area contributed by atoms with E-state index in [2.05, 4.69) is 29.9 Å². The van der Waals surface area contributed by atoms with Crippen LogP contribution in [-0.4, -0.2) is 30.6 Å². The minimum absolute atomic E-state index is 0.0497. The molecule has 1 N–H and O–H groups in total. The summed E-state index contributed by atoms with van der Waals surface area (Å²) >= 11 is 1.68. The van der Waals surface area contributed by atoms with Crippen LogP contribution >= 0.6 is 11.8 Å².